The molecule has 1 rings (SSSR count). The van der Waals surface area contributed by atoms with Gasteiger partial charge in [-0.15, -0.1) is 0 Å². The van der Waals surface area contributed by atoms with E-state index in [0.717, 1.165) is 12.1 Å². The number of benzene rings is 1. The molecule has 0 aromatic heterocycles. The normalized spacial score (nSPS) is 11.4. The Kier molecular flexibility index (Phi) is 4.96. The second-order valence-corrected chi connectivity index (χ2v) is 4.09. The molecule has 0 spiro atoms. The molecule has 0 bridgehead atoms. The van der Waals surface area contributed by atoms with Gasteiger partial charge in [-0.1, -0.05) is 11.6 Å². The zero-order valence-corrected chi connectivity index (χ0v) is 10.3. The maximum atomic E-state index is 12.4. The Morgan fingerprint density at radius 1 is 1.42 bits per heavy atom. The third-order valence-corrected chi connectivity index (χ3v) is 2.45. The fourth-order valence-corrected chi connectivity index (χ4v) is 1.70. The largest absolute Gasteiger partial charge is 0.405 e. The predicted octanol–water partition coefficient (Wildman–Crippen LogP) is 2.61. The summed E-state index contributed by atoms with van der Waals surface area (Å²) in [5, 5.41) is 19.6. The summed E-state index contributed by atoms with van der Waals surface area (Å²) in [4.78, 5) is 10.7. The highest BCUT2D eigenvalue weighted by Crippen LogP contribution is 2.32. The summed E-state index contributed by atoms with van der Waals surface area (Å²) >= 11 is 5.58. The van der Waals surface area contributed by atoms with Crippen LogP contribution in [0, 0.1) is 10.1 Å². The molecule has 0 amide bonds. The van der Waals surface area contributed by atoms with Crippen LogP contribution in [-0.4, -0.2) is 35.9 Å². The van der Waals surface area contributed by atoms with Crippen LogP contribution in [-0.2, 0) is 0 Å². The second kappa shape index (κ2) is 6.07. The number of aliphatic hydroxyl groups excluding tert-OH is 1. The topological polar surface area (TPSA) is 66.6 Å². The van der Waals surface area contributed by atoms with E-state index in [2.05, 4.69) is 0 Å². The van der Waals surface area contributed by atoms with E-state index in [1.165, 1.54) is 6.07 Å². The number of anilines is 1. The molecule has 106 valence electrons. The van der Waals surface area contributed by atoms with Crippen molar-refractivity contribution in [2.24, 2.45) is 0 Å². The average Bonchev–Trinajstić information content (AvgIpc) is 2.26. The predicted molar refractivity (Wildman–Crippen MR) is 63.5 cm³/mol. The number of alkyl halides is 3. The third kappa shape index (κ3) is 4.56. The van der Waals surface area contributed by atoms with Crippen molar-refractivity contribution in [2.45, 2.75) is 6.18 Å². The van der Waals surface area contributed by atoms with Crippen LogP contribution >= 0.6 is 11.6 Å². The molecule has 19 heavy (non-hydrogen) atoms. The highest BCUT2D eigenvalue weighted by atomic mass is 35.5. The number of nitro groups is 1. The van der Waals surface area contributed by atoms with Crippen molar-refractivity contribution < 1.29 is 23.2 Å². The molecule has 0 aliphatic rings. The van der Waals surface area contributed by atoms with E-state index in [4.69, 9.17) is 16.7 Å². The minimum atomic E-state index is -4.54. The Labute approximate surface area is 111 Å². The number of rotatable bonds is 5. The quantitative estimate of drug-likeness (QED) is 0.670. The fraction of sp³-hybridized carbons (Fsp3) is 0.400. The van der Waals surface area contributed by atoms with Crippen molar-refractivity contribution >= 4 is 23.0 Å². The lowest BCUT2D eigenvalue weighted by Crippen LogP contribution is -2.36. The monoisotopic (exact) mass is 298 g/mol. The van der Waals surface area contributed by atoms with Gasteiger partial charge in [0.1, 0.15) is 12.2 Å². The molecule has 0 aliphatic carbocycles. The van der Waals surface area contributed by atoms with Crippen LogP contribution in [0.4, 0.5) is 24.5 Å². The SMILES string of the molecule is O=[N+]([O-])c1cc(Cl)ccc1N(CCO)CC(F)(F)F. The molecule has 9 heteroatoms. The number of hydrogen-bond acceptors (Lipinski definition) is 4. The van der Waals surface area contributed by atoms with Crippen molar-refractivity contribution in [3.8, 4) is 0 Å². The summed E-state index contributed by atoms with van der Waals surface area (Å²) in [5.74, 6) is 0. The second-order valence-electron chi connectivity index (χ2n) is 3.65. The Morgan fingerprint density at radius 3 is 2.53 bits per heavy atom. The molecular formula is C10H10ClF3N2O3. The van der Waals surface area contributed by atoms with E-state index in [1.807, 2.05) is 0 Å². The van der Waals surface area contributed by atoms with E-state index in [-0.39, 0.29) is 17.3 Å². The third-order valence-electron chi connectivity index (χ3n) is 2.21. The summed E-state index contributed by atoms with van der Waals surface area (Å²) < 4.78 is 37.2. The minimum absolute atomic E-state index is 0.0476. The van der Waals surface area contributed by atoms with E-state index >= 15 is 0 Å². The Bertz CT molecular complexity index is 468. The molecular weight excluding hydrogens is 289 g/mol. The van der Waals surface area contributed by atoms with Crippen LogP contribution in [0.2, 0.25) is 5.02 Å². The standard InChI is InChI=1S/C10H10ClF3N2O3/c11-7-1-2-8(9(5-7)16(18)19)15(3-4-17)6-10(12,13)14/h1-2,5,17H,3-4,6H2. The molecule has 1 aromatic rings. The smallest absolute Gasteiger partial charge is 0.395 e. The Morgan fingerprint density at radius 2 is 2.05 bits per heavy atom. The first-order valence-corrected chi connectivity index (χ1v) is 5.49. The van der Waals surface area contributed by atoms with Crippen molar-refractivity contribution in [2.75, 3.05) is 24.6 Å². The minimum Gasteiger partial charge on any atom is -0.395 e. The molecule has 0 saturated carbocycles. The maximum absolute atomic E-state index is 12.4. The van der Waals surface area contributed by atoms with Crippen molar-refractivity contribution in [1.29, 1.82) is 0 Å². The van der Waals surface area contributed by atoms with Crippen molar-refractivity contribution in [1.82, 2.24) is 0 Å². The first-order valence-electron chi connectivity index (χ1n) is 5.11. The van der Waals surface area contributed by atoms with E-state index in [9.17, 15) is 23.3 Å². The zero-order valence-electron chi connectivity index (χ0n) is 9.52. The van der Waals surface area contributed by atoms with Gasteiger partial charge in [-0.05, 0) is 12.1 Å². The van der Waals surface area contributed by atoms with E-state index in [0.29, 0.717) is 4.90 Å². The molecule has 1 N–H and O–H groups in total. The van der Waals surface area contributed by atoms with Crippen LogP contribution < -0.4 is 4.90 Å². The molecule has 0 heterocycles. The van der Waals surface area contributed by atoms with Crippen molar-refractivity contribution in [3.05, 3.63) is 33.3 Å². The van der Waals surface area contributed by atoms with Gasteiger partial charge in [0.2, 0.25) is 0 Å². The highest BCUT2D eigenvalue weighted by Gasteiger charge is 2.33. The maximum Gasteiger partial charge on any atom is 0.405 e. The lowest BCUT2D eigenvalue weighted by atomic mass is 10.2. The van der Waals surface area contributed by atoms with Crippen LogP contribution in [0.1, 0.15) is 0 Å². The molecule has 0 saturated heterocycles. The Hall–Kier alpha value is -1.54. The van der Waals surface area contributed by atoms with Gasteiger partial charge in [-0.25, -0.2) is 0 Å². The van der Waals surface area contributed by atoms with Gasteiger partial charge in [-0.3, -0.25) is 10.1 Å². The van der Waals surface area contributed by atoms with Crippen LogP contribution in [0.25, 0.3) is 0 Å². The van der Waals surface area contributed by atoms with E-state index in [1.54, 1.807) is 0 Å². The van der Waals surface area contributed by atoms with Crippen molar-refractivity contribution in [3.63, 3.8) is 0 Å². The van der Waals surface area contributed by atoms with Gasteiger partial charge in [-0.2, -0.15) is 13.2 Å². The zero-order chi connectivity index (χ0) is 14.6. The van der Waals surface area contributed by atoms with Gasteiger partial charge >= 0.3 is 6.18 Å². The molecule has 0 atom stereocenters. The summed E-state index contributed by atoms with van der Waals surface area (Å²) in [6.45, 7) is -2.33. The first kappa shape index (κ1) is 15.5. The molecule has 0 radical (unpaired) electrons. The lowest BCUT2D eigenvalue weighted by Gasteiger charge is -2.24. The summed E-state index contributed by atoms with van der Waals surface area (Å²) in [6, 6.07) is 3.35. The Balaban J connectivity index is 3.18. The number of nitro benzene ring substituents is 1. The highest BCUT2D eigenvalue weighted by molar-refractivity contribution is 6.30. The first-order chi connectivity index (χ1) is 8.74. The van der Waals surface area contributed by atoms with Crippen LogP contribution in [0.5, 0.6) is 0 Å². The van der Waals surface area contributed by atoms with Crippen LogP contribution in [0.15, 0.2) is 18.2 Å². The molecule has 1 aromatic carbocycles. The summed E-state index contributed by atoms with van der Waals surface area (Å²) in [5.41, 5.74) is -0.772. The molecule has 0 fully saturated rings. The number of aliphatic hydroxyl groups is 1. The van der Waals surface area contributed by atoms with Gasteiger partial charge in [0.15, 0.2) is 0 Å². The van der Waals surface area contributed by atoms with Gasteiger partial charge < -0.3 is 10.0 Å². The van der Waals surface area contributed by atoms with Crippen LogP contribution in [0.3, 0.4) is 0 Å². The number of halogens is 4. The van der Waals surface area contributed by atoms with Gasteiger partial charge in [0.25, 0.3) is 5.69 Å². The van der Waals surface area contributed by atoms with E-state index < -0.39 is 29.9 Å². The molecule has 0 aliphatic heterocycles. The number of nitrogens with zero attached hydrogens (tertiary/aromatic N) is 2. The fourth-order valence-electron chi connectivity index (χ4n) is 1.53. The average molecular weight is 299 g/mol. The summed E-state index contributed by atoms with van der Waals surface area (Å²) in [7, 11) is 0. The summed E-state index contributed by atoms with van der Waals surface area (Å²) in [6.07, 6.45) is -4.54. The molecule has 0 unspecified atom stereocenters. The van der Waals surface area contributed by atoms with Gasteiger partial charge in [0.05, 0.1) is 11.5 Å². The lowest BCUT2D eigenvalue weighted by molar-refractivity contribution is -0.384. The van der Waals surface area contributed by atoms with Gasteiger partial charge in [0, 0.05) is 17.6 Å². The molecule has 5 nitrogen and oxygen atoms in total. The number of hydrogen-bond donors (Lipinski definition) is 1.